The normalized spacial score (nSPS) is 18.6. The lowest BCUT2D eigenvalue weighted by Gasteiger charge is -2.28. The number of hydrogen-bond donors (Lipinski definition) is 2. The molecule has 2 rings (SSSR count). The number of aromatic nitrogens is 2. The smallest absolute Gasteiger partial charge is 0.246 e. The number of aryl methyl sites for hydroxylation is 1. The monoisotopic (exact) mass is 301 g/mol. The van der Waals surface area contributed by atoms with Crippen molar-refractivity contribution in [1.29, 1.82) is 0 Å². The van der Waals surface area contributed by atoms with E-state index in [1.54, 1.807) is 14.0 Å². The molecule has 1 aliphatic rings. The van der Waals surface area contributed by atoms with Crippen LogP contribution in [0, 0.1) is 12.8 Å². The number of anilines is 1. The van der Waals surface area contributed by atoms with Gasteiger partial charge in [0.1, 0.15) is 4.90 Å². The lowest BCUT2D eigenvalue weighted by molar-refractivity contribution is 0.220. The fourth-order valence-electron chi connectivity index (χ4n) is 2.51. The van der Waals surface area contributed by atoms with Gasteiger partial charge >= 0.3 is 0 Å². The minimum Gasteiger partial charge on any atom is -0.381 e. The molecule has 1 saturated heterocycles. The van der Waals surface area contributed by atoms with Crippen molar-refractivity contribution in [2.24, 2.45) is 13.0 Å². The largest absolute Gasteiger partial charge is 0.381 e. The Hall–Kier alpha value is -1.12. The summed E-state index contributed by atoms with van der Waals surface area (Å²) in [5, 5.41) is 3.95. The molecule has 0 aromatic carbocycles. The van der Waals surface area contributed by atoms with Gasteiger partial charge in [0.15, 0.2) is 5.82 Å². The molecule has 0 saturated carbocycles. The number of sulfonamides is 1. The molecule has 1 fully saturated rings. The highest BCUT2D eigenvalue weighted by atomic mass is 32.2. The third kappa shape index (κ3) is 3.13. The lowest BCUT2D eigenvalue weighted by atomic mass is 9.98. The molecule has 8 heteroatoms. The second-order valence-electron chi connectivity index (χ2n) is 5.52. The molecule has 3 N–H and O–H groups in total. The van der Waals surface area contributed by atoms with Crippen LogP contribution in [-0.4, -0.2) is 49.8 Å². The number of nitrogens with two attached hydrogens (primary N) is 1. The summed E-state index contributed by atoms with van der Waals surface area (Å²) in [4.78, 5) is 2.36. The van der Waals surface area contributed by atoms with Crippen molar-refractivity contribution >= 4 is 15.8 Å². The first-order chi connectivity index (χ1) is 9.31. The van der Waals surface area contributed by atoms with Gasteiger partial charge in [0.05, 0.1) is 5.69 Å². The Morgan fingerprint density at radius 2 is 1.95 bits per heavy atom. The Morgan fingerprint density at radius 3 is 2.45 bits per heavy atom. The predicted octanol–water partition coefficient (Wildman–Crippen LogP) is -0.0692. The summed E-state index contributed by atoms with van der Waals surface area (Å²) in [5.74, 6) is 0.444. The number of nitrogens with one attached hydrogen (secondary N) is 1. The number of hydrogen-bond acceptors (Lipinski definition) is 5. The van der Waals surface area contributed by atoms with Crippen molar-refractivity contribution in [3.8, 4) is 0 Å². The van der Waals surface area contributed by atoms with Crippen LogP contribution in [0.2, 0.25) is 0 Å². The Balaban J connectivity index is 2.04. The Kier molecular flexibility index (Phi) is 4.36. The minimum absolute atomic E-state index is 0.0564. The number of piperidine rings is 1. The Bertz CT molecular complexity index is 573. The summed E-state index contributed by atoms with van der Waals surface area (Å²) in [6.45, 7) is 4.19. The van der Waals surface area contributed by atoms with Gasteiger partial charge in [-0.2, -0.15) is 5.10 Å². The van der Waals surface area contributed by atoms with Gasteiger partial charge in [-0.3, -0.25) is 4.68 Å². The molecule has 7 nitrogen and oxygen atoms in total. The van der Waals surface area contributed by atoms with Gasteiger partial charge in [-0.1, -0.05) is 0 Å². The van der Waals surface area contributed by atoms with E-state index in [9.17, 15) is 8.42 Å². The van der Waals surface area contributed by atoms with Crippen molar-refractivity contribution in [2.75, 3.05) is 32.4 Å². The van der Waals surface area contributed by atoms with Gasteiger partial charge in [-0.25, -0.2) is 13.1 Å². The van der Waals surface area contributed by atoms with Crippen LogP contribution >= 0.6 is 0 Å². The fourth-order valence-corrected chi connectivity index (χ4v) is 3.95. The van der Waals surface area contributed by atoms with Gasteiger partial charge in [0, 0.05) is 13.6 Å². The van der Waals surface area contributed by atoms with Crippen molar-refractivity contribution in [3.05, 3.63) is 5.69 Å². The maximum absolute atomic E-state index is 12.3. The second-order valence-corrected chi connectivity index (χ2v) is 7.23. The topological polar surface area (TPSA) is 93.2 Å². The highest BCUT2D eigenvalue weighted by Crippen LogP contribution is 2.22. The molecule has 0 unspecified atom stereocenters. The van der Waals surface area contributed by atoms with Crippen LogP contribution in [0.15, 0.2) is 4.90 Å². The van der Waals surface area contributed by atoms with E-state index in [2.05, 4.69) is 21.8 Å². The summed E-state index contributed by atoms with van der Waals surface area (Å²) in [7, 11) is 0.180. The van der Waals surface area contributed by atoms with Crippen LogP contribution in [0.3, 0.4) is 0 Å². The standard InChI is InChI=1S/C12H23N5O2S/c1-9-11(12(13)15-17(9)3)20(18,19)14-8-10-4-6-16(2)7-5-10/h10,14H,4-8H2,1-3H3,(H2,13,15). The molecule has 0 radical (unpaired) electrons. The van der Waals surface area contributed by atoms with Crippen molar-refractivity contribution in [3.63, 3.8) is 0 Å². The number of likely N-dealkylation sites (tertiary alicyclic amines) is 1. The SMILES string of the molecule is Cc1c(S(=O)(=O)NCC2CCN(C)CC2)c(N)nn1C. The summed E-state index contributed by atoms with van der Waals surface area (Å²) in [5.41, 5.74) is 6.25. The third-order valence-corrected chi connectivity index (χ3v) is 5.56. The van der Waals surface area contributed by atoms with Crippen LogP contribution in [0.5, 0.6) is 0 Å². The Morgan fingerprint density at radius 1 is 1.35 bits per heavy atom. The lowest BCUT2D eigenvalue weighted by Crippen LogP contribution is -2.37. The molecule has 2 heterocycles. The summed E-state index contributed by atoms with van der Waals surface area (Å²) < 4.78 is 28.8. The van der Waals surface area contributed by atoms with Gasteiger partial charge < -0.3 is 10.6 Å². The molecule has 0 aliphatic carbocycles. The van der Waals surface area contributed by atoms with Crippen molar-refractivity contribution in [1.82, 2.24) is 19.4 Å². The van der Waals surface area contributed by atoms with Gasteiger partial charge in [-0.15, -0.1) is 0 Å². The molecule has 1 aliphatic heterocycles. The average molecular weight is 301 g/mol. The highest BCUT2D eigenvalue weighted by Gasteiger charge is 2.26. The minimum atomic E-state index is -3.59. The molecular weight excluding hydrogens is 278 g/mol. The quantitative estimate of drug-likeness (QED) is 0.812. The Labute approximate surface area is 120 Å². The van der Waals surface area contributed by atoms with Crippen LogP contribution in [0.4, 0.5) is 5.82 Å². The zero-order valence-electron chi connectivity index (χ0n) is 12.3. The van der Waals surface area contributed by atoms with E-state index in [1.165, 1.54) is 4.68 Å². The maximum atomic E-state index is 12.3. The van der Waals surface area contributed by atoms with E-state index in [0.29, 0.717) is 18.2 Å². The molecule has 114 valence electrons. The summed E-state index contributed by atoms with van der Waals surface area (Å²) in [6.07, 6.45) is 2.03. The van der Waals surface area contributed by atoms with E-state index < -0.39 is 10.0 Å². The fraction of sp³-hybridized carbons (Fsp3) is 0.750. The first-order valence-corrected chi connectivity index (χ1v) is 8.27. The first kappa shape index (κ1) is 15.3. The molecule has 0 atom stereocenters. The van der Waals surface area contributed by atoms with Crippen LogP contribution in [-0.2, 0) is 17.1 Å². The average Bonchev–Trinajstić information content (AvgIpc) is 2.63. The third-order valence-electron chi connectivity index (χ3n) is 3.97. The zero-order chi connectivity index (χ0) is 14.9. The molecule has 0 bridgehead atoms. The maximum Gasteiger partial charge on any atom is 0.246 e. The molecule has 1 aromatic heterocycles. The summed E-state index contributed by atoms with van der Waals surface area (Å²) in [6, 6.07) is 0. The van der Waals surface area contributed by atoms with Crippen molar-refractivity contribution in [2.45, 2.75) is 24.7 Å². The molecule has 0 spiro atoms. The van der Waals surface area contributed by atoms with E-state index in [0.717, 1.165) is 25.9 Å². The van der Waals surface area contributed by atoms with E-state index >= 15 is 0 Å². The van der Waals surface area contributed by atoms with Crippen molar-refractivity contribution < 1.29 is 8.42 Å². The predicted molar refractivity (Wildman–Crippen MR) is 77.8 cm³/mol. The van der Waals surface area contributed by atoms with Crippen LogP contribution < -0.4 is 10.5 Å². The van der Waals surface area contributed by atoms with E-state index in [-0.39, 0.29) is 10.7 Å². The molecule has 1 aromatic rings. The van der Waals surface area contributed by atoms with E-state index in [1.807, 2.05) is 0 Å². The number of rotatable bonds is 4. The summed E-state index contributed by atoms with van der Waals surface area (Å²) >= 11 is 0. The highest BCUT2D eigenvalue weighted by molar-refractivity contribution is 7.89. The zero-order valence-corrected chi connectivity index (χ0v) is 13.1. The van der Waals surface area contributed by atoms with Crippen LogP contribution in [0.1, 0.15) is 18.5 Å². The molecule has 0 amide bonds. The molecule has 20 heavy (non-hydrogen) atoms. The first-order valence-electron chi connectivity index (χ1n) is 6.78. The number of nitrogens with zero attached hydrogens (tertiary/aromatic N) is 3. The van der Waals surface area contributed by atoms with Gasteiger partial charge in [-0.05, 0) is 45.8 Å². The number of nitrogen functional groups attached to an aromatic ring is 1. The van der Waals surface area contributed by atoms with E-state index in [4.69, 9.17) is 5.73 Å². The van der Waals surface area contributed by atoms with Gasteiger partial charge in [0.2, 0.25) is 10.0 Å². The molecular formula is C12H23N5O2S. The van der Waals surface area contributed by atoms with Crippen LogP contribution in [0.25, 0.3) is 0 Å². The van der Waals surface area contributed by atoms with Gasteiger partial charge in [0.25, 0.3) is 0 Å². The second kappa shape index (κ2) is 5.71.